The van der Waals surface area contributed by atoms with E-state index in [2.05, 4.69) is 36.1 Å². The molecule has 4 rings (SSSR count). The van der Waals surface area contributed by atoms with Crippen LogP contribution in [0.4, 0.5) is 0 Å². The Labute approximate surface area is 149 Å². The van der Waals surface area contributed by atoms with Gasteiger partial charge in [0, 0.05) is 24.7 Å². The Hall–Kier alpha value is -1.46. The summed E-state index contributed by atoms with van der Waals surface area (Å²) in [5, 5.41) is 4.86. The van der Waals surface area contributed by atoms with Crippen LogP contribution >= 0.6 is 12.2 Å². The first-order valence-electron chi connectivity index (χ1n) is 9.10. The quantitative estimate of drug-likeness (QED) is 0.758. The van der Waals surface area contributed by atoms with E-state index < -0.39 is 0 Å². The van der Waals surface area contributed by atoms with Gasteiger partial charge in [-0.05, 0) is 44.8 Å². The van der Waals surface area contributed by atoms with E-state index in [0.717, 1.165) is 34.9 Å². The smallest absolute Gasteiger partial charge is 0.199 e. The number of hydrogen-bond acceptors (Lipinski definition) is 3. The van der Waals surface area contributed by atoms with E-state index in [9.17, 15) is 0 Å². The minimum absolute atomic E-state index is 0.726. The van der Waals surface area contributed by atoms with Crippen molar-refractivity contribution in [3.63, 3.8) is 0 Å². The maximum atomic E-state index is 5.68. The van der Waals surface area contributed by atoms with Crippen LogP contribution in [-0.4, -0.2) is 31.3 Å². The van der Waals surface area contributed by atoms with Gasteiger partial charge in [-0.25, -0.2) is 4.68 Å². The fourth-order valence-corrected chi connectivity index (χ4v) is 4.04. The Morgan fingerprint density at radius 2 is 1.71 bits per heavy atom. The fraction of sp³-hybridized carbons (Fsp3) is 0.579. The maximum absolute atomic E-state index is 5.68. The van der Waals surface area contributed by atoms with E-state index in [-0.39, 0.29) is 0 Å². The van der Waals surface area contributed by atoms with E-state index in [1.165, 1.54) is 44.1 Å². The SMILES string of the molecule is Cc1ccc(-c2nn(CN(C3CCCC3)C3CC3)c(=S)n2C)cc1. The lowest BCUT2D eigenvalue weighted by Crippen LogP contribution is -2.37. The zero-order valence-electron chi connectivity index (χ0n) is 14.6. The van der Waals surface area contributed by atoms with Crippen molar-refractivity contribution in [2.24, 2.45) is 7.05 Å². The second kappa shape index (κ2) is 6.45. The average Bonchev–Trinajstić information content (AvgIpc) is 3.20. The largest absolute Gasteiger partial charge is 0.303 e. The van der Waals surface area contributed by atoms with Gasteiger partial charge in [-0.15, -0.1) is 0 Å². The van der Waals surface area contributed by atoms with Crippen LogP contribution in [0, 0.1) is 11.7 Å². The van der Waals surface area contributed by atoms with Gasteiger partial charge in [0.15, 0.2) is 10.6 Å². The standard InChI is InChI=1S/C19H26N4S/c1-14-7-9-15(10-8-14)18-20-23(19(24)21(18)2)13-22(17-11-12-17)16-5-3-4-6-16/h7-10,16-17H,3-6,11-13H2,1-2H3. The van der Waals surface area contributed by atoms with Crippen LogP contribution in [0.5, 0.6) is 0 Å². The number of benzene rings is 1. The van der Waals surface area contributed by atoms with Crippen molar-refractivity contribution in [3.8, 4) is 11.4 Å². The lowest BCUT2D eigenvalue weighted by Gasteiger charge is -2.28. The number of aryl methyl sites for hydroxylation is 1. The molecule has 128 valence electrons. The predicted molar refractivity (Wildman–Crippen MR) is 99.3 cm³/mol. The molecule has 1 aromatic carbocycles. The van der Waals surface area contributed by atoms with Gasteiger partial charge in [0.2, 0.25) is 0 Å². The van der Waals surface area contributed by atoms with E-state index in [4.69, 9.17) is 17.3 Å². The summed E-state index contributed by atoms with van der Waals surface area (Å²) in [5.41, 5.74) is 2.40. The third kappa shape index (κ3) is 3.07. The minimum atomic E-state index is 0.726. The summed E-state index contributed by atoms with van der Waals surface area (Å²) in [5.74, 6) is 0.960. The molecule has 0 radical (unpaired) electrons. The van der Waals surface area contributed by atoms with E-state index >= 15 is 0 Å². The molecule has 2 aliphatic carbocycles. The molecule has 0 aliphatic heterocycles. The summed E-state index contributed by atoms with van der Waals surface area (Å²) in [6.07, 6.45) is 8.08. The minimum Gasteiger partial charge on any atom is -0.303 e. The van der Waals surface area contributed by atoms with Gasteiger partial charge in [-0.1, -0.05) is 42.7 Å². The van der Waals surface area contributed by atoms with Crippen LogP contribution < -0.4 is 0 Å². The molecule has 0 saturated heterocycles. The van der Waals surface area contributed by atoms with Crippen molar-refractivity contribution in [2.75, 3.05) is 0 Å². The average molecular weight is 343 g/mol. The van der Waals surface area contributed by atoms with Gasteiger partial charge in [0.25, 0.3) is 0 Å². The molecule has 5 heteroatoms. The summed E-state index contributed by atoms with van der Waals surface area (Å²) in [6.45, 7) is 2.95. The molecule has 24 heavy (non-hydrogen) atoms. The summed E-state index contributed by atoms with van der Waals surface area (Å²) in [7, 11) is 2.03. The third-order valence-electron chi connectivity index (χ3n) is 5.46. The topological polar surface area (TPSA) is 26.0 Å². The zero-order valence-corrected chi connectivity index (χ0v) is 15.4. The van der Waals surface area contributed by atoms with Crippen molar-refractivity contribution >= 4 is 12.2 Å². The summed E-state index contributed by atoms with van der Waals surface area (Å²) in [4.78, 5) is 2.66. The Balaban J connectivity index is 1.62. The van der Waals surface area contributed by atoms with Gasteiger partial charge in [0.05, 0.1) is 6.67 Å². The summed E-state index contributed by atoms with van der Waals surface area (Å²) < 4.78 is 4.88. The molecular weight excluding hydrogens is 316 g/mol. The highest BCUT2D eigenvalue weighted by atomic mass is 32.1. The van der Waals surface area contributed by atoms with Crippen LogP contribution in [0.3, 0.4) is 0 Å². The molecule has 0 unspecified atom stereocenters. The molecule has 1 aromatic heterocycles. The Morgan fingerprint density at radius 1 is 1.08 bits per heavy atom. The zero-order chi connectivity index (χ0) is 16.7. The van der Waals surface area contributed by atoms with Gasteiger partial charge in [0.1, 0.15) is 0 Å². The molecule has 2 aliphatic rings. The molecule has 1 heterocycles. The number of rotatable bonds is 5. The van der Waals surface area contributed by atoms with Crippen molar-refractivity contribution in [1.29, 1.82) is 0 Å². The van der Waals surface area contributed by atoms with Crippen molar-refractivity contribution in [3.05, 3.63) is 34.6 Å². The second-order valence-corrected chi connectivity index (χ2v) is 7.72. The van der Waals surface area contributed by atoms with Crippen molar-refractivity contribution in [1.82, 2.24) is 19.2 Å². The molecule has 2 saturated carbocycles. The van der Waals surface area contributed by atoms with E-state index in [1.54, 1.807) is 0 Å². The Bertz CT molecular complexity index is 764. The predicted octanol–water partition coefficient (Wildman–Crippen LogP) is 4.29. The highest BCUT2D eigenvalue weighted by Crippen LogP contribution is 2.34. The molecule has 2 fully saturated rings. The molecule has 2 aromatic rings. The first-order chi connectivity index (χ1) is 11.6. The van der Waals surface area contributed by atoms with Gasteiger partial charge in [-0.2, -0.15) is 5.10 Å². The lowest BCUT2D eigenvalue weighted by molar-refractivity contribution is 0.134. The van der Waals surface area contributed by atoms with Crippen LogP contribution in [-0.2, 0) is 13.7 Å². The first-order valence-corrected chi connectivity index (χ1v) is 9.51. The molecule has 0 N–H and O–H groups in total. The van der Waals surface area contributed by atoms with E-state index in [1.807, 2.05) is 16.3 Å². The molecule has 0 spiro atoms. The highest BCUT2D eigenvalue weighted by molar-refractivity contribution is 7.71. The van der Waals surface area contributed by atoms with Crippen LogP contribution in [0.2, 0.25) is 0 Å². The summed E-state index contributed by atoms with van der Waals surface area (Å²) >= 11 is 5.68. The summed E-state index contributed by atoms with van der Waals surface area (Å²) in [6, 6.07) is 10.0. The molecular formula is C19H26N4S. The fourth-order valence-electron chi connectivity index (χ4n) is 3.86. The maximum Gasteiger partial charge on any atom is 0.199 e. The molecule has 0 atom stereocenters. The molecule has 4 nitrogen and oxygen atoms in total. The highest BCUT2D eigenvalue weighted by Gasteiger charge is 2.35. The number of hydrogen-bond donors (Lipinski definition) is 0. The van der Waals surface area contributed by atoms with Crippen LogP contribution in [0.15, 0.2) is 24.3 Å². The number of nitrogens with zero attached hydrogens (tertiary/aromatic N) is 4. The van der Waals surface area contributed by atoms with Crippen LogP contribution in [0.25, 0.3) is 11.4 Å². The number of aromatic nitrogens is 3. The Kier molecular flexibility index (Phi) is 4.31. The third-order valence-corrected chi connectivity index (χ3v) is 5.94. The molecule has 0 amide bonds. The van der Waals surface area contributed by atoms with Gasteiger partial charge in [-0.3, -0.25) is 4.90 Å². The van der Waals surface area contributed by atoms with Gasteiger partial charge >= 0.3 is 0 Å². The van der Waals surface area contributed by atoms with Crippen molar-refractivity contribution < 1.29 is 0 Å². The first kappa shape index (κ1) is 16.0. The molecule has 0 bridgehead atoms. The Morgan fingerprint density at radius 3 is 2.33 bits per heavy atom. The van der Waals surface area contributed by atoms with E-state index in [0.29, 0.717) is 0 Å². The van der Waals surface area contributed by atoms with Crippen molar-refractivity contribution in [2.45, 2.75) is 64.2 Å². The monoisotopic (exact) mass is 342 g/mol. The normalized spacial score (nSPS) is 18.6. The van der Waals surface area contributed by atoms with Crippen LogP contribution in [0.1, 0.15) is 44.1 Å². The van der Waals surface area contributed by atoms with Gasteiger partial charge < -0.3 is 4.57 Å². The second-order valence-electron chi connectivity index (χ2n) is 7.36. The lowest BCUT2D eigenvalue weighted by atomic mass is 10.1.